The highest BCUT2D eigenvalue weighted by Crippen LogP contribution is 2.27. The number of fused-ring (bicyclic) bond motifs is 1. The monoisotopic (exact) mass is 349 g/mol. The summed E-state index contributed by atoms with van der Waals surface area (Å²) in [5, 5.41) is 5.00. The van der Waals surface area contributed by atoms with E-state index in [1.165, 1.54) is 0 Å². The Bertz CT molecular complexity index is 869. The quantitative estimate of drug-likeness (QED) is 0.650. The lowest BCUT2D eigenvalue weighted by Crippen LogP contribution is -2.32. The maximum atomic E-state index is 12.6. The molecule has 0 saturated carbocycles. The summed E-state index contributed by atoms with van der Waals surface area (Å²) in [6, 6.07) is 21.2. The third-order valence-electron chi connectivity index (χ3n) is 4.11. The normalized spacial score (nSPS) is 11.8. The average Bonchev–Trinajstić information content (AvgIpc) is 2.68. The molecule has 0 aliphatic rings. The maximum absolute atomic E-state index is 12.6. The Hall–Kier alpha value is -3.01. The molecule has 0 unspecified atom stereocenters. The number of hydrogen-bond donors (Lipinski definition) is 1. The second-order valence-corrected chi connectivity index (χ2v) is 5.94. The minimum atomic E-state index is -0.563. The van der Waals surface area contributed by atoms with Gasteiger partial charge < -0.3 is 14.8 Å². The first-order valence-corrected chi connectivity index (χ1v) is 8.89. The maximum Gasteiger partial charge on any atom is 0.265 e. The fourth-order valence-corrected chi connectivity index (χ4v) is 2.80. The number of benzene rings is 3. The smallest absolute Gasteiger partial charge is 0.265 e. The summed E-state index contributed by atoms with van der Waals surface area (Å²) in [6.45, 7) is 4.49. The molecular weight excluding hydrogens is 326 g/mol. The topological polar surface area (TPSA) is 47.6 Å². The summed E-state index contributed by atoms with van der Waals surface area (Å²) >= 11 is 0. The molecule has 0 bridgehead atoms. The van der Waals surface area contributed by atoms with Gasteiger partial charge in [-0.3, -0.25) is 4.79 Å². The minimum absolute atomic E-state index is 0.162. The Balaban J connectivity index is 1.72. The van der Waals surface area contributed by atoms with E-state index in [9.17, 15) is 4.79 Å². The molecule has 1 N–H and O–H groups in total. The molecule has 3 rings (SSSR count). The van der Waals surface area contributed by atoms with Crippen LogP contribution in [0.1, 0.15) is 20.3 Å². The van der Waals surface area contributed by atoms with Crippen molar-refractivity contribution in [1.82, 2.24) is 0 Å². The van der Waals surface area contributed by atoms with Gasteiger partial charge >= 0.3 is 0 Å². The molecule has 0 radical (unpaired) electrons. The van der Waals surface area contributed by atoms with Gasteiger partial charge in [0, 0.05) is 11.1 Å². The van der Waals surface area contributed by atoms with Crippen molar-refractivity contribution < 1.29 is 14.3 Å². The third-order valence-corrected chi connectivity index (χ3v) is 4.11. The van der Waals surface area contributed by atoms with Gasteiger partial charge in [0.15, 0.2) is 6.10 Å². The highest BCUT2D eigenvalue weighted by Gasteiger charge is 2.19. The Morgan fingerprint density at radius 2 is 1.69 bits per heavy atom. The molecule has 0 aliphatic carbocycles. The van der Waals surface area contributed by atoms with Gasteiger partial charge in [0.2, 0.25) is 0 Å². The fraction of sp³-hybridized carbons (Fsp3) is 0.227. The molecule has 0 fully saturated rings. The minimum Gasteiger partial charge on any atom is -0.494 e. The number of anilines is 1. The van der Waals surface area contributed by atoms with Crippen molar-refractivity contribution >= 4 is 22.4 Å². The lowest BCUT2D eigenvalue weighted by atomic mass is 10.1. The van der Waals surface area contributed by atoms with Gasteiger partial charge in [-0.15, -0.1) is 0 Å². The molecule has 1 atom stereocenters. The van der Waals surface area contributed by atoms with Crippen molar-refractivity contribution in [2.24, 2.45) is 0 Å². The molecule has 1 amide bonds. The van der Waals surface area contributed by atoms with Gasteiger partial charge in [-0.2, -0.15) is 0 Å². The summed E-state index contributed by atoms with van der Waals surface area (Å²) in [5.74, 6) is 1.34. The van der Waals surface area contributed by atoms with Gasteiger partial charge in [-0.25, -0.2) is 0 Å². The van der Waals surface area contributed by atoms with Crippen LogP contribution >= 0.6 is 0 Å². The van der Waals surface area contributed by atoms with E-state index in [4.69, 9.17) is 9.47 Å². The van der Waals surface area contributed by atoms with Crippen LogP contribution in [-0.2, 0) is 4.79 Å². The largest absolute Gasteiger partial charge is 0.494 e. The van der Waals surface area contributed by atoms with Crippen molar-refractivity contribution in [3.63, 3.8) is 0 Å². The van der Waals surface area contributed by atoms with Crippen LogP contribution in [0.4, 0.5) is 5.69 Å². The van der Waals surface area contributed by atoms with Gasteiger partial charge in [0.05, 0.1) is 6.61 Å². The molecule has 0 heterocycles. The highest BCUT2D eigenvalue weighted by atomic mass is 16.5. The molecular formula is C22H23NO3. The summed E-state index contributed by atoms with van der Waals surface area (Å²) in [5.41, 5.74) is 0.721. The molecule has 3 aromatic rings. The van der Waals surface area contributed by atoms with Gasteiger partial charge in [0.1, 0.15) is 11.5 Å². The standard InChI is InChI=1S/C22H23NO3/c1-3-20(22(24)23-17-12-14-18(15-13-17)25-4-2)26-21-11-7-9-16-8-5-6-10-19(16)21/h5-15,20H,3-4H2,1-2H3,(H,23,24)/t20-/m0/s1. The lowest BCUT2D eigenvalue weighted by Gasteiger charge is -2.18. The number of hydrogen-bond acceptors (Lipinski definition) is 3. The zero-order valence-electron chi connectivity index (χ0n) is 15.1. The van der Waals surface area contributed by atoms with E-state index in [2.05, 4.69) is 5.32 Å². The number of ether oxygens (including phenoxy) is 2. The lowest BCUT2D eigenvalue weighted by molar-refractivity contribution is -0.122. The number of amides is 1. The van der Waals surface area contributed by atoms with Crippen LogP contribution in [0.25, 0.3) is 10.8 Å². The van der Waals surface area contributed by atoms with Crippen LogP contribution in [0.5, 0.6) is 11.5 Å². The van der Waals surface area contributed by atoms with Crippen molar-refractivity contribution in [2.75, 3.05) is 11.9 Å². The Morgan fingerprint density at radius 3 is 2.42 bits per heavy atom. The summed E-state index contributed by atoms with van der Waals surface area (Å²) < 4.78 is 11.5. The fourth-order valence-electron chi connectivity index (χ4n) is 2.80. The molecule has 134 valence electrons. The van der Waals surface area contributed by atoms with Crippen LogP contribution in [0.3, 0.4) is 0 Å². The Kier molecular flexibility index (Phi) is 5.74. The molecule has 3 aromatic carbocycles. The van der Waals surface area contributed by atoms with E-state index in [0.29, 0.717) is 13.0 Å². The van der Waals surface area contributed by atoms with E-state index in [-0.39, 0.29) is 5.91 Å². The van der Waals surface area contributed by atoms with Crippen molar-refractivity contribution in [2.45, 2.75) is 26.4 Å². The second kappa shape index (κ2) is 8.39. The van der Waals surface area contributed by atoms with Crippen LogP contribution < -0.4 is 14.8 Å². The molecule has 0 spiro atoms. The van der Waals surface area contributed by atoms with Gasteiger partial charge in [-0.05, 0) is 49.1 Å². The number of carbonyl (C=O) groups excluding carboxylic acids is 1. The predicted octanol–water partition coefficient (Wildman–Crippen LogP) is 5.03. The number of nitrogens with one attached hydrogen (secondary N) is 1. The zero-order valence-corrected chi connectivity index (χ0v) is 15.1. The summed E-state index contributed by atoms with van der Waals surface area (Å²) in [6.07, 6.45) is 0.0129. The first-order valence-electron chi connectivity index (χ1n) is 8.89. The van der Waals surface area contributed by atoms with Crippen LogP contribution in [0, 0.1) is 0 Å². The molecule has 0 aliphatic heterocycles. The van der Waals surface area contributed by atoms with Gasteiger partial charge in [0.25, 0.3) is 5.91 Å². The van der Waals surface area contributed by atoms with Crippen molar-refractivity contribution in [1.29, 1.82) is 0 Å². The van der Waals surface area contributed by atoms with E-state index in [1.54, 1.807) is 0 Å². The van der Waals surface area contributed by atoms with E-state index >= 15 is 0 Å². The average molecular weight is 349 g/mol. The molecule has 4 nitrogen and oxygen atoms in total. The second-order valence-electron chi connectivity index (χ2n) is 5.94. The van der Waals surface area contributed by atoms with E-state index in [1.807, 2.05) is 80.6 Å². The van der Waals surface area contributed by atoms with Crippen molar-refractivity contribution in [3.05, 3.63) is 66.7 Å². The molecule has 0 aromatic heterocycles. The Labute approximate surface area is 153 Å². The third kappa shape index (κ3) is 4.14. The molecule has 0 saturated heterocycles. The van der Waals surface area contributed by atoms with E-state index in [0.717, 1.165) is 28.0 Å². The first kappa shape index (κ1) is 17.8. The Morgan fingerprint density at radius 1 is 0.962 bits per heavy atom. The zero-order chi connectivity index (χ0) is 18.4. The van der Waals surface area contributed by atoms with Gasteiger partial charge in [-0.1, -0.05) is 43.3 Å². The SMILES string of the molecule is CCOc1ccc(NC(=O)[C@H](CC)Oc2cccc3ccccc23)cc1. The van der Waals surface area contributed by atoms with Crippen LogP contribution in [0.2, 0.25) is 0 Å². The number of rotatable bonds is 7. The highest BCUT2D eigenvalue weighted by molar-refractivity contribution is 5.95. The van der Waals surface area contributed by atoms with Crippen LogP contribution in [-0.4, -0.2) is 18.6 Å². The van der Waals surface area contributed by atoms with Crippen LogP contribution in [0.15, 0.2) is 66.7 Å². The van der Waals surface area contributed by atoms with Crippen molar-refractivity contribution in [3.8, 4) is 11.5 Å². The van der Waals surface area contributed by atoms with E-state index < -0.39 is 6.10 Å². The summed E-state index contributed by atoms with van der Waals surface area (Å²) in [4.78, 5) is 12.6. The molecule has 26 heavy (non-hydrogen) atoms. The number of carbonyl (C=O) groups is 1. The summed E-state index contributed by atoms with van der Waals surface area (Å²) in [7, 11) is 0. The molecule has 4 heteroatoms. The first-order chi connectivity index (χ1) is 12.7. The predicted molar refractivity (Wildman–Crippen MR) is 105 cm³/mol.